The molecule has 1 unspecified atom stereocenters. The van der Waals surface area contributed by atoms with Gasteiger partial charge in [0.05, 0.1) is 29.1 Å². The maximum Gasteiger partial charge on any atom is 0.187 e. The normalized spacial score (nSPS) is 20.0. The van der Waals surface area contributed by atoms with Crippen molar-refractivity contribution in [1.82, 2.24) is 4.57 Å². The minimum Gasteiger partial charge on any atom is -0.337 e. The van der Waals surface area contributed by atoms with Gasteiger partial charge >= 0.3 is 0 Å². The second kappa shape index (κ2) is 10.9. The van der Waals surface area contributed by atoms with Crippen LogP contribution in [0.2, 0.25) is 0 Å². The molecule has 0 saturated heterocycles. The summed E-state index contributed by atoms with van der Waals surface area (Å²) in [6.07, 6.45) is 9.32. The van der Waals surface area contributed by atoms with Crippen LogP contribution >= 0.6 is 0 Å². The molecule has 1 spiro atoms. The first kappa shape index (κ1) is 28.8. The number of nitriles is 1. The molecule has 3 atom stereocenters. The molecule has 3 heteroatoms. The topological polar surface area (TPSA) is 33.1 Å². The van der Waals surface area contributed by atoms with E-state index in [1.807, 2.05) is 36.4 Å². The highest BCUT2D eigenvalue weighted by atomic mass is 15.1. The Morgan fingerprint density at radius 1 is 0.640 bits per heavy atom. The zero-order valence-electron chi connectivity index (χ0n) is 27.6. The third-order valence-corrected chi connectivity index (χ3v) is 11.8. The Labute approximate surface area is 292 Å². The van der Waals surface area contributed by atoms with Gasteiger partial charge < -0.3 is 4.57 Å². The SMILES string of the molecule is [C-]#[N+]c1cccc(-c2ccc3c(c2)[C@@]2(c4cc(-c5cccc(C#N)c5)ccc4C=C3)c3cccc4c5ccccc5n(c34)[C@H]3CCCCC32)c1. The van der Waals surface area contributed by atoms with Gasteiger partial charge in [-0.25, -0.2) is 4.85 Å². The van der Waals surface area contributed by atoms with Gasteiger partial charge in [-0.3, -0.25) is 0 Å². The van der Waals surface area contributed by atoms with Crippen molar-refractivity contribution in [2.75, 3.05) is 0 Å². The zero-order chi connectivity index (χ0) is 33.4. The lowest BCUT2D eigenvalue weighted by molar-refractivity contribution is 0.176. The molecule has 1 aliphatic heterocycles. The lowest BCUT2D eigenvalue weighted by atomic mass is 9.54. The summed E-state index contributed by atoms with van der Waals surface area (Å²) in [4.78, 5) is 3.76. The Hall–Kier alpha value is -6.16. The van der Waals surface area contributed by atoms with Crippen molar-refractivity contribution in [2.45, 2.75) is 37.1 Å². The molecule has 2 heterocycles. The number of aromatic nitrogens is 1. The van der Waals surface area contributed by atoms with Crippen molar-refractivity contribution in [2.24, 2.45) is 5.92 Å². The number of benzene rings is 6. The van der Waals surface area contributed by atoms with Crippen LogP contribution in [-0.4, -0.2) is 4.57 Å². The lowest BCUT2D eigenvalue weighted by Crippen LogP contribution is -2.47. The molecule has 0 amide bonds. The van der Waals surface area contributed by atoms with Crippen molar-refractivity contribution >= 4 is 39.6 Å². The van der Waals surface area contributed by atoms with E-state index in [1.54, 1.807) is 0 Å². The largest absolute Gasteiger partial charge is 0.337 e. The molecule has 236 valence electrons. The summed E-state index contributed by atoms with van der Waals surface area (Å²) >= 11 is 0. The van der Waals surface area contributed by atoms with E-state index in [1.165, 1.54) is 62.5 Å². The highest BCUT2D eigenvalue weighted by Crippen LogP contribution is 2.62. The van der Waals surface area contributed by atoms with Gasteiger partial charge in [0.15, 0.2) is 5.69 Å². The Morgan fingerprint density at radius 2 is 1.30 bits per heavy atom. The van der Waals surface area contributed by atoms with Crippen molar-refractivity contribution in [3.8, 4) is 28.3 Å². The summed E-state index contributed by atoms with van der Waals surface area (Å²) < 4.78 is 2.72. The summed E-state index contributed by atoms with van der Waals surface area (Å²) in [6, 6.07) is 48.7. The highest BCUT2D eigenvalue weighted by Gasteiger charge is 2.54. The number of rotatable bonds is 2. The van der Waals surface area contributed by atoms with Crippen LogP contribution in [0.5, 0.6) is 0 Å². The van der Waals surface area contributed by atoms with E-state index in [0.29, 0.717) is 23.2 Å². The molecule has 2 aliphatic carbocycles. The van der Waals surface area contributed by atoms with Gasteiger partial charge in [0, 0.05) is 22.3 Å². The number of fused-ring (bicyclic) bond motifs is 11. The number of nitrogens with zero attached hydrogens (tertiary/aromatic N) is 3. The molecule has 0 radical (unpaired) electrons. The first-order chi connectivity index (χ1) is 24.7. The van der Waals surface area contributed by atoms with Crippen LogP contribution in [0, 0.1) is 23.8 Å². The minimum absolute atomic E-state index is 0.313. The molecule has 10 rings (SSSR count). The quantitative estimate of drug-likeness (QED) is 0.173. The molecular weight excluding hydrogens is 607 g/mol. The van der Waals surface area contributed by atoms with Crippen LogP contribution < -0.4 is 0 Å². The van der Waals surface area contributed by atoms with E-state index in [-0.39, 0.29) is 0 Å². The summed E-state index contributed by atoms with van der Waals surface area (Å²) in [6.45, 7) is 7.71. The van der Waals surface area contributed by atoms with E-state index >= 15 is 0 Å². The number of hydrogen-bond donors (Lipinski definition) is 0. The molecule has 0 N–H and O–H groups in total. The molecule has 7 aromatic rings. The second-order valence-electron chi connectivity index (χ2n) is 14.1. The third-order valence-electron chi connectivity index (χ3n) is 11.8. The van der Waals surface area contributed by atoms with Gasteiger partial charge in [-0.2, -0.15) is 5.26 Å². The van der Waals surface area contributed by atoms with Crippen LogP contribution in [0.3, 0.4) is 0 Å². The van der Waals surface area contributed by atoms with Crippen LogP contribution in [0.4, 0.5) is 5.69 Å². The molecule has 1 fully saturated rings. The molecular formula is C47H33N3. The maximum atomic E-state index is 9.79. The molecule has 1 saturated carbocycles. The van der Waals surface area contributed by atoms with E-state index in [2.05, 4.69) is 119 Å². The fraction of sp³-hybridized carbons (Fsp3) is 0.149. The molecule has 3 nitrogen and oxygen atoms in total. The van der Waals surface area contributed by atoms with Crippen LogP contribution in [0.1, 0.15) is 65.1 Å². The smallest absolute Gasteiger partial charge is 0.187 e. The molecule has 3 aliphatic rings. The first-order valence-electron chi connectivity index (χ1n) is 17.7. The predicted molar refractivity (Wildman–Crippen MR) is 204 cm³/mol. The van der Waals surface area contributed by atoms with Gasteiger partial charge in [-0.05, 0) is 105 Å². The average molecular weight is 640 g/mol. The molecule has 0 bridgehead atoms. The standard InChI is InChI=1S/C47H33N3/c1-49-37-12-7-11-34(26-37)36-24-22-32-20-19-31-21-23-35(33-10-6-9-30(25-33)29-48)27-42(31)47(43(32)28-36)40-15-3-5-18-45(40)50-44-17-4-2-13-38(44)39-14-8-16-41(47)46(39)50/h2,4,6-14,16-17,19-28,40,45H,3,5,15,18H2/t40?,45-,47+/m0/s1. The van der Waals surface area contributed by atoms with Gasteiger partial charge in [0.25, 0.3) is 0 Å². The van der Waals surface area contributed by atoms with Crippen LogP contribution in [0.15, 0.2) is 127 Å². The third kappa shape index (κ3) is 3.95. The number of para-hydroxylation sites is 2. The van der Waals surface area contributed by atoms with E-state index < -0.39 is 5.41 Å². The van der Waals surface area contributed by atoms with Crippen molar-refractivity contribution < 1.29 is 0 Å². The van der Waals surface area contributed by atoms with Gasteiger partial charge in [-0.1, -0.05) is 116 Å². The Kier molecular flexibility index (Phi) is 6.30. The Morgan fingerprint density at radius 3 is 2.06 bits per heavy atom. The maximum absolute atomic E-state index is 9.79. The highest BCUT2D eigenvalue weighted by molar-refractivity contribution is 6.10. The fourth-order valence-electron chi connectivity index (χ4n) is 9.82. The lowest BCUT2D eigenvalue weighted by Gasteiger charge is -2.52. The van der Waals surface area contributed by atoms with Crippen LogP contribution in [0.25, 0.3) is 61.1 Å². The van der Waals surface area contributed by atoms with Crippen molar-refractivity contribution in [1.29, 1.82) is 5.26 Å². The zero-order valence-corrected chi connectivity index (χ0v) is 27.6. The first-order valence-corrected chi connectivity index (χ1v) is 17.7. The number of hydrogen-bond acceptors (Lipinski definition) is 1. The monoisotopic (exact) mass is 639 g/mol. The minimum atomic E-state index is -0.445. The summed E-state index contributed by atoms with van der Waals surface area (Å²) in [5.74, 6) is 0.313. The van der Waals surface area contributed by atoms with Gasteiger partial charge in [-0.15, -0.1) is 0 Å². The average Bonchev–Trinajstić information content (AvgIpc) is 3.45. The summed E-state index contributed by atoms with van der Waals surface area (Å²) in [5, 5.41) is 12.4. The predicted octanol–water partition coefficient (Wildman–Crippen LogP) is 12.1. The molecule has 1 aromatic heterocycles. The molecule has 6 aromatic carbocycles. The summed E-state index contributed by atoms with van der Waals surface area (Å²) in [7, 11) is 0. The van der Waals surface area contributed by atoms with Gasteiger partial charge in [0.2, 0.25) is 0 Å². The van der Waals surface area contributed by atoms with Crippen molar-refractivity contribution in [3.63, 3.8) is 0 Å². The molecule has 50 heavy (non-hydrogen) atoms. The van der Waals surface area contributed by atoms with E-state index in [9.17, 15) is 5.26 Å². The Bertz CT molecular complexity index is 2550. The summed E-state index contributed by atoms with van der Waals surface area (Å²) in [5.41, 5.74) is 14.5. The van der Waals surface area contributed by atoms with Crippen LogP contribution in [-0.2, 0) is 5.41 Å². The second-order valence-corrected chi connectivity index (χ2v) is 14.1. The van der Waals surface area contributed by atoms with Gasteiger partial charge in [0.1, 0.15) is 0 Å². The fourth-order valence-corrected chi connectivity index (χ4v) is 9.82. The van der Waals surface area contributed by atoms with Crippen molar-refractivity contribution in [3.05, 3.63) is 172 Å². The Balaban J connectivity index is 1.37. The van der Waals surface area contributed by atoms with E-state index in [0.717, 1.165) is 35.1 Å². The van der Waals surface area contributed by atoms with E-state index in [4.69, 9.17) is 6.57 Å².